The third kappa shape index (κ3) is 5.75. The van der Waals surface area contributed by atoms with Crippen molar-refractivity contribution in [3.8, 4) is 11.8 Å². The molecule has 3 rings (SSSR count). The van der Waals surface area contributed by atoms with E-state index in [0.29, 0.717) is 28.8 Å². The molecule has 0 aliphatic rings. The van der Waals surface area contributed by atoms with E-state index in [2.05, 4.69) is 16.5 Å². The number of hydrogen-bond acceptors (Lipinski definition) is 5. The standard InChI is InChI=1S/C23H22N4O2S/c1-16(2)15-29-23(28)25-19-7-3-5-17(11-19)13-21-22(30)9-10-27(26-21)20-8-4-6-18(12-20)14-24/h3-12,16H,13,15H2,1-2H3,(H,25,28). The highest BCUT2D eigenvalue weighted by Crippen LogP contribution is 2.16. The van der Waals surface area contributed by atoms with Crippen molar-refractivity contribution in [1.29, 1.82) is 5.26 Å². The average Bonchev–Trinajstić information content (AvgIpc) is 2.74. The molecule has 0 unspecified atom stereocenters. The summed E-state index contributed by atoms with van der Waals surface area (Å²) in [6.45, 7) is 4.33. The molecule has 6 nitrogen and oxygen atoms in total. The first-order chi connectivity index (χ1) is 14.4. The van der Waals surface area contributed by atoms with Gasteiger partial charge in [0.05, 0.1) is 34.1 Å². The number of nitrogens with zero attached hydrogens (tertiary/aromatic N) is 3. The van der Waals surface area contributed by atoms with Gasteiger partial charge in [0, 0.05) is 18.3 Å². The van der Waals surface area contributed by atoms with Crippen molar-refractivity contribution in [3.63, 3.8) is 0 Å². The van der Waals surface area contributed by atoms with Gasteiger partial charge in [-0.15, -0.1) is 0 Å². The average molecular weight is 419 g/mol. The van der Waals surface area contributed by atoms with Gasteiger partial charge < -0.3 is 4.74 Å². The van der Waals surface area contributed by atoms with Gasteiger partial charge in [-0.05, 0) is 47.9 Å². The van der Waals surface area contributed by atoms with Crippen molar-refractivity contribution in [2.24, 2.45) is 5.92 Å². The number of amides is 1. The third-order valence-corrected chi connectivity index (χ3v) is 4.58. The summed E-state index contributed by atoms with van der Waals surface area (Å²) in [5, 5.41) is 16.5. The molecule has 0 radical (unpaired) electrons. The highest BCUT2D eigenvalue weighted by Gasteiger charge is 2.08. The lowest BCUT2D eigenvalue weighted by molar-refractivity contribution is 0.147. The minimum absolute atomic E-state index is 0.275. The quantitative estimate of drug-likeness (QED) is 0.552. The number of nitrogens with one attached hydrogen (secondary N) is 1. The molecule has 3 aromatic rings. The fraction of sp³-hybridized carbons (Fsp3) is 0.217. The molecule has 2 aromatic carbocycles. The smallest absolute Gasteiger partial charge is 0.411 e. The first-order valence-electron chi connectivity index (χ1n) is 9.56. The lowest BCUT2D eigenvalue weighted by Crippen LogP contribution is -2.16. The highest BCUT2D eigenvalue weighted by molar-refractivity contribution is 7.71. The van der Waals surface area contributed by atoms with Gasteiger partial charge in [0.25, 0.3) is 0 Å². The fourth-order valence-corrected chi connectivity index (χ4v) is 2.95. The molecule has 7 heteroatoms. The maximum Gasteiger partial charge on any atom is 0.411 e. The monoisotopic (exact) mass is 418 g/mol. The van der Waals surface area contributed by atoms with Crippen LogP contribution in [0.1, 0.15) is 30.7 Å². The van der Waals surface area contributed by atoms with E-state index in [1.807, 2.05) is 50.2 Å². The van der Waals surface area contributed by atoms with Crippen LogP contribution in [0, 0.1) is 21.8 Å². The molecular formula is C23H22N4O2S. The number of ether oxygens (including phenoxy) is 1. The molecule has 0 bridgehead atoms. The topological polar surface area (TPSA) is 79.9 Å². The second-order valence-corrected chi connectivity index (χ2v) is 7.67. The lowest BCUT2D eigenvalue weighted by atomic mass is 10.1. The van der Waals surface area contributed by atoms with E-state index in [1.54, 1.807) is 29.1 Å². The van der Waals surface area contributed by atoms with Crippen molar-refractivity contribution >= 4 is 24.0 Å². The van der Waals surface area contributed by atoms with Gasteiger partial charge in [0.1, 0.15) is 0 Å². The Balaban J connectivity index is 1.79. The number of hydrogen-bond donors (Lipinski definition) is 1. The minimum atomic E-state index is -0.474. The first kappa shape index (κ1) is 21.2. The summed E-state index contributed by atoms with van der Waals surface area (Å²) in [4.78, 5) is 11.9. The first-order valence-corrected chi connectivity index (χ1v) is 9.97. The van der Waals surface area contributed by atoms with Crippen molar-refractivity contribution in [1.82, 2.24) is 9.78 Å². The zero-order valence-corrected chi connectivity index (χ0v) is 17.6. The van der Waals surface area contributed by atoms with E-state index in [9.17, 15) is 4.79 Å². The van der Waals surface area contributed by atoms with Crippen LogP contribution in [0.15, 0.2) is 60.8 Å². The lowest BCUT2D eigenvalue weighted by Gasteiger charge is -2.11. The maximum atomic E-state index is 11.9. The van der Waals surface area contributed by atoms with E-state index in [0.717, 1.165) is 16.9 Å². The number of carbonyl (C=O) groups excluding carboxylic acids is 1. The van der Waals surface area contributed by atoms with Gasteiger partial charge >= 0.3 is 6.09 Å². The number of anilines is 1. The molecule has 1 heterocycles. The Morgan fingerprint density at radius 2 is 2.03 bits per heavy atom. The van der Waals surface area contributed by atoms with Crippen LogP contribution in [-0.4, -0.2) is 22.5 Å². The van der Waals surface area contributed by atoms with E-state index in [4.69, 9.17) is 22.2 Å². The summed E-state index contributed by atoms with van der Waals surface area (Å²) in [5.74, 6) is 0.275. The molecule has 1 N–H and O–H groups in total. The molecule has 0 aliphatic carbocycles. The van der Waals surface area contributed by atoms with Gasteiger partial charge in [-0.2, -0.15) is 10.4 Å². The van der Waals surface area contributed by atoms with Crippen LogP contribution < -0.4 is 5.32 Å². The summed E-state index contributed by atoms with van der Waals surface area (Å²) in [6, 6.07) is 18.7. The molecule has 1 aromatic heterocycles. The Labute approximate surface area is 180 Å². The number of carbonyl (C=O) groups is 1. The molecular weight excluding hydrogens is 396 g/mol. The number of nitriles is 1. The van der Waals surface area contributed by atoms with Crippen LogP contribution in [0.3, 0.4) is 0 Å². The van der Waals surface area contributed by atoms with Gasteiger partial charge in [0.15, 0.2) is 0 Å². The van der Waals surface area contributed by atoms with Crippen molar-refractivity contribution in [2.75, 3.05) is 11.9 Å². The second-order valence-electron chi connectivity index (χ2n) is 7.23. The fourth-order valence-electron chi connectivity index (χ4n) is 2.78. The van der Waals surface area contributed by atoms with Crippen LogP contribution in [0.2, 0.25) is 0 Å². The third-order valence-electron chi connectivity index (χ3n) is 4.21. The highest BCUT2D eigenvalue weighted by atomic mass is 32.1. The van der Waals surface area contributed by atoms with Crippen molar-refractivity contribution in [2.45, 2.75) is 20.3 Å². The van der Waals surface area contributed by atoms with Crippen LogP contribution in [0.4, 0.5) is 10.5 Å². The Kier molecular flexibility index (Phi) is 6.94. The molecule has 30 heavy (non-hydrogen) atoms. The van der Waals surface area contributed by atoms with Crippen LogP contribution in [-0.2, 0) is 11.2 Å². The number of aromatic nitrogens is 2. The van der Waals surface area contributed by atoms with Gasteiger partial charge in [-0.3, -0.25) is 5.32 Å². The van der Waals surface area contributed by atoms with E-state index < -0.39 is 6.09 Å². The summed E-state index contributed by atoms with van der Waals surface area (Å²) in [6.07, 6.45) is 1.82. The summed E-state index contributed by atoms with van der Waals surface area (Å²) in [7, 11) is 0. The largest absolute Gasteiger partial charge is 0.449 e. The number of rotatable bonds is 6. The van der Waals surface area contributed by atoms with Crippen LogP contribution in [0.25, 0.3) is 5.69 Å². The SMILES string of the molecule is CC(C)COC(=O)Nc1cccc(Cc2nn(-c3cccc(C#N)c3)ccc2=S)c1. The van der Waals surface area contributed by atoms with Crippen molar-refractivity contribution in [3.05, 3.63) is 82.1 Å². The predicted molar refractivity (Wildman–Crippen MR) is 118 cm³/mol. The molecule has 0 spiro atoms. The molecule has 0 aliphatic heterocycles. The number of benzene rings is 2. The zero-order valence-electron chi connectivity index (χ0n) is 16.8. The summed E-state index contributed by atoms with van der Waals surface area (Å²) >= 11 is 5.45. The molecule has 0 saturated heterocycles. The van der Waals surface area contributed by atoms with Crippen LogP contribution in [0.5, 0.6) is 0 Å². The van der Waals surface area contributed by atoms with Gasteiger partial charge in [-0.1, -0.05) is 44.3 Å². The Hall–Kier alpha value is -3.50. The molecule has 0 saturated carbocycles. The molecule has 0 fully saturated rings. The van der Waals surface area contributed by atoms with Gasteiger partial charge in [0.2, 0.25) is 0 Å². The second kappa shape index (κ2) is 9.81. The molecule has 0 atom stereocenters. The van der Waals surface area contributed by atoms with E-state index in [1.165, 1.54) is 0 Å². The normalized spacial score (nSPS) is 10.5. The Morgan fingerprint density at radius 1 is 1.23 bits per heavy atom. The predicted octanol–water partition coefficient (Wildman–Crippen LogP) is 5.27. The van der Waals surface area contributed by atoms with Crippen molar-refractivity contribution < 1.29 is 9.53 Å². The zero-order chi connectivity index (χ0) is 21.5. The minimum Gasteiger partial charge on any atom is -0.449 e. The van der Waals surface area contributed by atoms with Crippen LogP contribution >= 0.6 is 12.2 Å². The molecule has 1 amide bonds. The summed E-state index contributed by atoms with van der Waals surface area (Å²) in [5.41, 5.74) is 3.69. The van der Waals surface area contributed by atoms with E-state index >= 15 is 0 Å². The Morgan fingerprint density at radius 3 is 2.80 bits per heavy atom. The van der Waals surface area contributed by atoms with Gasteiger partial charge in [-0.25, -0.2) is 9.48 Å². The summed E-state index contributed by atoms with van der Waals surface area (Å²) < 4.78 is 7.52. The maximum absolute atomic E-state index is 11.9. The molecule has 152 valence electrons. The van der Waals surface area contributed by atoms with E-state index in [-0.39, 0.29) is 5.92 Å². The Bertz CT molecular complexity index is 1150.